The Kier molecular flexibility index (Phi) is 5.75. The minimum atomic E-state index is -0.635. The number of nitrogens with zero attached hydrogens (tertiary/aromatic N) is 2. The van der Waals surface area contributed by atoms with Gasteiger partial charge in [0.05, 0.1) is 7.11 Å². The first-order valence-electron chi connectivity index (χ1n) is 7.24. The maximum absolute atomic E-state index is 11.3. The highest BCUT2D eigenvalue weighted by molar-refractivity contribution is 5.80. The van der Waals surface area contributed by atoms with Crippen molar-refractivity contribution >= 4 is 18.4 Å². The smallest absolute Gasteiger partial charge is 0.382 e. The van der Waals surface area contributed by atoms with E-state index in [1.54, 1.807) is 19.0 Å². The van der Waals surface area contributed by atoms with Gasteiger partial charge in [-0.1, -0.05) is 0 Å². The molecule has 2 aliphatic rings. The van der Waals surface area contributed by atoms with E-state index in [4.69, 9.17) is 9.68 Å². The molecule has 0 bridgehead atoms. The van der Waals surface area contributed by atoms with Crippen LogP contribution in [0.25, 0.3) is 0 Å². The van der Waals surface area contributed by atoms with Gasteiger partial charge in [-0.25, -0.2) is 4.79 Å². The van der Waals surface area contributed by atoms with Crippen molar-refractivity contribution in [3.8, 4) is 0 Å². The highest BCUT2D eigenvalue weighted by Gasteiger charge is 2.51. The van der Waals surface area contributed by atoms with E-state index in [0.717, 1.165) is 19.3 Å². The molecule has 120 valence electrons. The first kappa shape index (κ1) is 17.5. The van der Waals surface area contributed by atoms with Gasteiger partial charge in [0.1, 0.15) is 14.2 Å². The summed E-state index contributed by atoms with van der Waals surface area (Å²) in [6, 6.07) is 0. The van der Waals surface area contributed by atoms with Gasteiger partial charge in [-0.3, -0.25) is 9.68 Å². The molecule has 0 saturated carbocycles. The van der Waals surface area contributed by atoms with E-state index < -0.39 is 5.54 Å². The fourth-order valence-corrected chi connectivity index (χ4v) is 2.68. The minimum Gasteiger partial charge on any atom is -0.464 e. The Labute approximate surface area is 126 Å². The number of carbonyl (C=O) groups excluding carboxylic acids is 1. The summed E-state index contributed by atoms with van der Waals surface area (Å²) in [5.41, 5.74) is -0.418. The molecule has 0 aromatic rings. The van der Waals surface area contributed by atoms with Crippen molar-refractivity contribution in [2.24, 2.45) is 0 Å². The predicted octanol–water partition coefficient (Wildman–Crippen LogP) is 1.56. The molecule has 0 aromatic carbocycles. The number of hydrogen-bond acceptors (Lipinski definition) is 4. The molecule has 1 atom stereocenters. The molecule has 6 heteroatoms. The Morgan fingerprint density at radius 2 is 1.48 bits per heavy atom. The molecule has 0 N–H and O–H groups in total. The molecular formula is C15H28N2O4+2. The van der Waals surface area contributed by atoms with E-state index in [2.05, 4.69) is 24.8 Å². The van der Waals surface area contributed by atoms with Crippen LogP contribution in [0, 0.1) is 0 Å². The second-order valence-electron chi connectivity index (χ2n) is 6.04. The first-order valence-corrected chi connectivity index (χ1v) is 7.24. The van der Waals surface area contributed by atoms with Gasteiger partial charge in [0, 0.05) is 46.5 Å². The average molecular weight is 300 g/mol. The molecule has 21 heavy (non-hydrogen) atoms. The van der Waals surface area contributed by atoms with Crippen LogP contribution in [-0.4, -0.2) is 60.3 Å². The lowest BCUT2D eigenvalue weighted by molar-refractivity contribution is -0.818. The van der Waals surface area contributed by atoms with Crippen LogP contribution >= 0.6 is 0 Å². The minimum absolute atomic E-state index is 0.217. The Morgan fingerprint density at radius 1 is 0.952 bits per heavy atom. The van der Waals surface area contributed by atoms with Crippen LogP contribution in [0.4, 0.5) is 0 Å². The van der Waals surface area contributed by atoms with Crippen molar-refractivity contribution in [3.05, 3.63) is 0 Å². The Morgan fingerprint density at radius 3 is 1.86 bits per heavy atom. The maximum atomic E-state index is 11.3. The second kappa shape index (κ2) is 6.91. The van der Waals surface area contributed by atoms with Crippen LogP contribution in [0.2, 0.25) is 0 Å². The fourth-order valence-electron chi connectivity index (χ4n) is 2.68. The molecule has 0 amide bonds. The normalized spacial score (nSPS) is 26.2. The summed E-state index contributed by atoms with van der Waals surface area (Å²) in [6.07, 6.45) is 7.88. The maximum Gasteiger partial charge on any atom is 0.382 e. The fraction of sp³-hybridized carbons (Fsp3) is 0.800. The van der Waals surface area contributed by atoms with Crippen LogP contribution in [0.15, 0.2) is 0 Å². The van der Waals surface area contributed by atoms with Crippen molar-refractivity contribution in [1.82, 2.24) is 0 Å². The van der Waals surface area contributed by atoms with Gasteiger partial charge in [-0.2, -0.15) is 0 Å². The lowest BCUT2D eigenvalue weighted by Gasteiger charge is -2.15. The van der Waals surface area contributed by atoms with Crippen molar-refractivity contribution in [2.75, 3.05) is 21.3 Å². The number of hydroxylamine groups is 2. The molecule has 2 rings (SSSR count). The van der Waals surface area contributed by atoms with Gasteiger partial charge >= 0.3 is 11.5 Å². The van der Waals surface area contributed by atoms with E-state index in [0.29, 0.717) is 0 Å². The largest absolute Gasteiger partial charge is 0.464 e. The van der Waals surface area contributed by atoms with Crippen molar-refractivity contribution in [3.63, 3.8) is 0 Å². The molecule has 0 radical (unpaired) electrons. The third kappa shape index (κ3) is 3.74. The number of methoxy groups -OCH3 is 1. The summed E-state index contributed by atoms with van der Waals surface area (Å²) in [5, 5.41) is 0. The zero-order chi connectivity index (χ0) is 16.1. The number of ether oxygens (including phenoxy) is 1. The number of carbonyl (C=O) groups is 1. The third-order valence-corrected chi connectivity index (χ3v) is 4.08. The summed E-state index contributed by atoms with van der Waals surface area (Å²) in [6.45, 7) is 6.17. The predicted molar refractivity (Wildman–Crippen MR) is 79.6 cm³/mol. The molecule has 0 spiro atoms. The van der Waals surface area contributed by atoms with Gasteiger partial charge in [0.15, 0.2) is 12.4 Å². The summed E-state index contributed by atoms with van der Waals surface area (Å²) < 4.78 is 8.17. The lowest BCUT2D eigenvalue weighted by atomic mass is 10.0. The number of esters is 1. The summed E-state index contributed by atoms with van der Waals surface area (Å²) in [7, 11) is 4.65. The molecular weight excluding hydrogens is 272 g/mol. The molecule has 6 nitrogen and oxygen atoms in total. The standard InChI is InChI=1S/C8H14NO3.C7H14NO/c1-8(7(10)11-2)5-4-6-9(8)12-3;1-7(2)5-4-6-8(7)9-3/h6H,4-5H2,1-3H3;6H,4-5H2,1-3H3/q2*+1. The topological polar surface area (TPSA) is 50.8 Å². The van der Waals surface area contributed by atoms with Crippen molar-refractivity contribution < 1.29 is 28.7 Å². The van der Waals surface area contributed by atoms with Gasteiger partial charge in [0.25, 0.3) is 0 Å². The van der Waals surface area contributed by atoms with Crippen LogP contribution < -0.4 is 0 Å². The molecule has 1 unspecified atom stereocenters. The summed E-state index contributed by atoms with van der Waals surface area (Å²) >= 11 is 0. The molecule has 2 aliphatic heterocycles. The zero-order valence-electron chi connectivity index (χ0n) is 14.0. The Balaban J connectivity index is 0.000000219. The summed E-state index contributed by atoms with van der Waals surface area (Å²) in [4.78, 5) is 21.5. The number of rotatable bonds is 3. The first-order chi connectivity index (χ1) is 9.81. The van der Waals surface area contributed by atoms with Crippen LogP contribution in [0.5, 0.6) is 0 Å². The second-order valence-corrected chi connectivity index (χ2v) is 6.04. The van der Waals surface area contributed by atoms with E-state index in [1.165, 1.54) is 13.5 Å². The Hall–Kier alpha value is -1.59. The van der Waals surface area contributed by atoms with Crippen molar-refractivity contribution in [2.45, 2.75) is 57.5 Å². The van der Waals surface area contributed by atoms with E-state index in [-0.39, 0.29) is 11.5 Å². The summed E-state index contributed by atoms with van der Waals surface area (Å²) in [5.74, 6) is -0.252. The number of hydrogen-bond donors (Lipinski definition) is 0. The van der Waals surface area contributed by atoms with Crippen molar-refractivity contribution in [1.29, 1.82) is 0 Å². The van der Waals surface area contributed by atoms with Gasteiger partial charge in [-0.05, 0) is 9.48 Å². The SMILES string of the molecule is COC(=O)C1(C)CCC=[N+]1OC.CO[N+]1=CCCC1(C)C. The van der Waals surface area contributed by atoms with Crippen LogP contribution in [0.1, 0.15) is 46.5 Å². The van der Waals surface area contributed by atoms with Crippen LogP contribution in [-0.2, 0) is 19.2 Å². The van der Waals surface area contributed by atoms with E-state index in [1.807, 2.05) is 17.9 Å². The highest BCUT2D eigenvalue weighted by Crippen LogP contribution is 2.23. The van der Waals surface area contributed by atoms with Gasteiger partial charge in [-0.15, -0.1) is 0 Å². The zero-order valence-corrected chi connectivity index (χ0v) is 14.0. The Bertz CT molecular complexity index is 443. The van der Waals surface area contributed by atoms with Crippen LogP contribution in [0.3, 0.4) is 0 Å². The average Bonchev–Trinajstić information content (AvgIpc) is 3.00. The molecule has 0 fully saturated rings. The van der Waals surface area contributed by atoms with E-state index in [9.17, 15) is 4.79 Å². The molecule has 2 heterocycles. The highest BCUT2D eigenvalue weighted by atomic mass is 16.7. The molecule has 0 aromatic heterocycles. The molecule has 0 saturated heterocycles. The quantitative estimate of drug-likeness (QED) is 0.586. The van der Waals surface area contributed by atoms with Gasteiger partial charge < -0.3 is 4.74 Å². The monoisotopic (exact) mass is 300 g/mol. The van der Waals surface area contributed by atoms with Gasteiger partial charge in [0.2, 0.25) is 5.54 Å². The van der Waals surface area contributed by atoms with E-state index >= 15 is 0 Å². The molecule has 0 aliphatic carbocycles. The third-order valence-electron chi connectivity index (χ3n) is 4.08. The lowest BCUT2D eigenvalue weighted by Crippen LogP contribution is -2.44.